The number of ether oxygens (including phenoxy) is 4. The molecular weight excluding hydrogens is 668 g/mol. The summed E-state index contributed by atoms with van der Waals surface area (Å²) < 4.78 is 23.8. The van der Waals surface area contributed by atoms with Crippen molar-refractivity contribution in [1.82, 2.24) is 16.1 Å². The van der Waals surface area contributed by atoms with Crippen molar-refractivity contribution in [3.8, 4) is 17.2 Å². The van der Waals surface area contributed by atoms with Crippen molar-refractivity contribution in [1.29, 1.82) is 0 Å². The zero-order valence-electron chi connectivity index (χ0n) is 26.1. The number of fused-ring (bicyclic) bond motifs is 1. The van der Waals surface area contributed by atoms with Crippen LogP contribution in [0.2, 0.25) is 0 Å². The number of hydrogen-bond acceptors (Lipinski definition) is 9. The van der Waals surface area contributed by atoms with Gasteiger partial charge in [0.25, 0.3) is 0 Å². The molecule has 47 heavy (non-hydrogen) atoms. The number of hydrazone groups is 1. The standard InChI is InChI=1S/C35H35BrN4O7/c1-4-45-30-17-24(33-32(34(42)44-3)21(2)38-35(43)39-33)12-16-29(30)47-20-31(41)40-37-18-27-26-8-6-5-7-23(26)11-15-28(27)46-19-22-9-13-25(36)14-10-22/h5-18,31,33,40-41H,4,19-20H2,1-3H3,(H2,38,39,43)/b37-18+/t31-,33-/m0/s1. The van der Waals surface area contributed by atoms with E-state index in [0.29, 0.717) is 41.7 Å². The van der Waals surface area contributed by atoms with Gasteiger partial charge in [0.1, 0.15) is 19.0 Å². The molecule has 0 unspecified atom stereocenters. The Morgan fingerprint density at radius 2 is 1.79 bits per heavy atom. The van der Waals surface area contributed by atoms with Crippen molar-refractivity contribution in [3.05, 3.63) is 111 Å². The van der Waals surface area contributed by atoms with Gasteiger partial charge in [0.05, 0.1) is 31.5 Å². The summed E-state index contributed by atoms with van der Waals surface area (Å²) in [6.45, 7) is 4.01. The van der Waals surface area contributed by atoms with Crippen LogP contribution < -0.4 is 30.3 Å². The first-order valence-electron chi connectivity index (χ1n) is 14.9. The summed E-state index contributed by atoms with van der Waals surface area (Å²) in [5.74, 6) is 0.812. The first kappa shape index (κ1) is 33.3. The summed E-state index contributed by atoms with van der Waals surface area (Å²) in [5.41, 5.74) is 5.74. The number of nitrogens with zero attached hydrogens (tertiary/aromatic N) is 1. The van der Waals surface area contributed by atoms with Gasteiger partial charge in [-0.25, -0.2) is 9.59 Å². The molecule has 2 amide bonds. The minimum absolute atomic E-state index is 0.157. The molecule has 11 nitrogen and oxygen atoms in total. The molecule has 0 aromatic heterocycles. The molecule has 0 aliphatic carbocycles. The lowest BCUT2D eigenvalue weighted by Crippen LogP contribution is -2.45. The molecule has 0 spiro atoms. The maximum absolute atomic E-state index is 12.5. The first-order valence-corrected chi connectivity index (χ1v) is 15.7. The normalized spacial score (nSPS) is 15.2. The second kappa shape index (κ2) is 15.5. The largest absolute Gasteiger partial charge is 0.490 e. The molecule has 4 N–H and O–H groups in total. The van der Waals surface area contributed by atoms with E-state index in [2.05, 4.69) is 37.1 Å². The molecule has 1 aliphatic rings. The molecule has 5 rings (SSSR count). The van der Waals surface area contributed by atoms with Crippen molar-refractivity contribution < 1.29 is 33.6 Å². The lowest BCUT2D eigenvalue weighted by molar-refractivity contribution is -0.136. The molecule has 244 valence electrons. The second-order valence-electron chi connectivity index (χ2n) is 10.5. The van der Waals surface area contributed by atoms with Crippen LogP contribution in [-0.4, -0.2) is 49.9 Å². The topological polar surface area (TPSA) is 140 Å². The van der Waals surface area contributed by atoms with Gasteiger partial charge in [0, 0.05) is 15.7 Å². The average Bonchev–Trinajstić information content (AvgIpc) is 3.07. The van der Waals surface area contributed by atoms with E-state index in [1.54, 1.807) is 31.3 Å². The van der Waals surface area contributed by atoms with Crippen LogP contribution in [0.3, 0.4) is 0 Å². The van der Waals surface area contributed by atoms with Crippen LogP contribution in [0.25, 0.3) is 10.8 Å². The van der Waals surface area contributed by atoms with Crippen LogP contribution in [0.15, 0.2) is 99.7 Å². The number of aliphatic hydroxyl groups is 1. The number of carbonyl (C=O) groups is 2. The lowest BCUT2D eigenvalue weighted by Gasteiger charge is -2.28. The number of aliphatic hydroxyl groups excluding tert-OH is 1. The monoisotopic (exact) mass is 702 g/mol. The van der Waals surface area contributed by atoms with Crippen molar-refractivity contribution in [2.75, 3.05) is 20.3 Å². The highest BCUT2D eigenvalue weighted by Gasteiger charge is 2.32. The molecule has 0 saturated carbocycles. The zero-order valence-corrected chi connectivity index (χ0v) is 27.7. The van der Waals surface area contributed by atoms with E-state index >= 15 is 0 Å². The second-order valence-corrected chi connectivity index (χ2v) is 11.4. The molecule has 4 aromatic carbocycles. The van der Waals surface area contributed by atoms with E-state index in [4.69, 9.17) is 18.9 Å². The summed E-state index contributed by atoms with van der Waals surface area (Å²) in [5, 5.41) is 22.3. The number of rotatable bonds is 13. The van der Waals surface area contributed by atoms with Crippen LogP contribution in [0.5, 0.6) is 17.2 Å². The molecule has 12 heteroatoms. The maximum atomic E-state index is 12.5. The predicted octanol–water partition coefficient (Wildman–Crippen LogP) is 5.70. The number of esters is 1. The number of nitrogens with one attached hydrogen (secondary N) is 3. The number of amides is 2. The van der Waals surface area contributed by atoms with Gasteiger partial charge in [-0.2, -0.15) is 5.10 Å². The number of allylic oxidation sites excluding steroid dienone is 1. The SMILES string of the molecule is CCOc1cc([C@@H]2NC(=O)NC(C)=C2C(=O)OC)ccc1OC[C@H](O)N/N=C/c1c(OCc2ccc(Br)cc2)ccc2ccccc12. The third-order valence-electron chi connectivity index (χ3n) is 7.33. The Kier molecular flexibility index (Phi) is 11.0. The lowest BCUT2D eigenvalue weighted by atomic mass is 9.95. The fourth-order valence-corrected chi connectivity index (χ4v) is 5.35. The summed E-state index contributed by atoms with van der Waals surface area (Å²) in [7, 11) is 1.28. The molecular formula is C35H35BrN4O7. The number of benzene rings is 4. The van der Waals surface area contributed by atoms with E-state index in [9.17, 15) is 14.7 Å². The smallest absolute Gasteiger partial charge is 0.337 e. The first-order chi connectivity index (χ1) is 22.8. The molecule has 2 atom stereocenters. The van der Waals surface area contributed by atoms with Crippen molar-refractivity contribution >= 4 is 44.9 Å². The van der Waals surface area contributed by atoms with Gasteiger partial charge in [-0.3, -0.25) is 5.43 Å². The number of carbonyl (C=O) groups excluding carboxylic acids is 2. The zero-order chi connectivity index (χ0) is 33.3. The molecule has 0 radical (unpaired) electrons. The number of methoxy groups -OCH3 is 1. The maximum Gasteiger partial charge on any atom is 0.337 e. The van der Waals surface area contributed by atoms with E-state index < -0.39 is 24.3 Å². The number of hydrogen-bond donors (Lipinski definition) is 4. The average molecular weight is 704 g/mol. The van der Waals surface area contributed by atoms with E-state index in [-0.39, 0.29) is 12.2 Å². The molecule has 0 fully saturated rings. The fourth-order valence-electron chi connectivity index (χ4n) is 5.09. The summed E-state index contributed by atoms with van der Waals surface area (Å²) in [4.78, 5) is 24.7. The molecule has 0 saturated heterocycles. The summed E-state index contributed by atoms with van der Waals surface area (Å²) in [6, 6.07) is 23.6. The van der Waals surface area contributed by atoms with Gasteiger partial charge >= 0.3 is 12.0 Å². The quantitative estimate of drug-likeness (QED) is 0.0602. The highest BCUT2D eigenvalue weighted by Crippen LogP contribution is 2.35. The predicted molar refractivity (Wildman–Crippen MR) is 181 cm³/mol. The Hall–Kier alpha value is -5.07. The van der Waals surface area contributed by atoms with E-state index in [0.717, 1.165) is 26.4 Å². The van der Waals surface area contributed by atoms with E-state index in [1.807, 2.05) is 67.6 Å². The van der Waals surface area contributed by atoms with Crippen LogP contribution >= 0.6 is 15.9 Å². The van der Waals surface area contributed by atoms with Crippen LogP contribution in [0, 0.1) is 0 Å². The highest BCUT2D eigenvalue weighted by molar-refractivity contribution is 9.10. The van der Waals surface area contributed by atoms with E-state index in [1.165, 1.54) is 7.11 Å². The number of urea groups is 1. The molecule has 0 bridgehead atoms. The Bertz CT molecular complexity index is 1810. The van der Waals surface area contributed by atoms with Gasteiger partial charge in [-0.05, 0) is 66.1 Å². The molecule has 1 heterocycles. The van der Waals surface area contributed by atoms with Gasteiger partial charge in [-0.1, -0.05) is 64.5 Å². The van der Waals surface area contributed by atoms with Crippen molar-refractivity contribution in [2.24, 2.45) is 5.10 Å². The minimum Gasteiger partial charge on any atom is -0.490 e. The van der Waals surface area contributed by atoms with Crippen LogP contribution in [-0.2, 0) is 16.1 Å². The van der Waals surface area contributed by atoms with Gasteiger partial charge in [0.2, 0.25) is 0 Å². The summed E-state index contributed by atoms with van der Waals surface area (Å²) in [6.07, 6.45) is 0.452. The molecule has 4 aromatic rings. The van der Waals surface area contributed by atoms with Gasteiger partial charge in [-0.15, -0.1) is 0 Å². The van der Waals surface area contributed by atoms with Gasteiger partial charge < -0.3 is 34.7 Å². The van der Waals surface area contributed by atoms with Crippen LogP contribution in [0.1, 0.15) is 36.6 Å². The van der Waals surface area contributed by atoms with Crippen LogP contribution in [0.4, 0.5) is 4.79 Å². The van der Waals surface area contributed by atoms with Gasteiger partial charge in [0.15, 0.2) is 17.7 Å². The molecule has 1 aliphatic heterocycles. The minimum atomic E-state index is -1.16. The van der Waals surface area contributed by atoms with Crippen molar-refractivity contribution in [3.63, 3.8) is 0 Å². The third-order valence-corrected chi connectivity index (χ3v) is 7.86. The fraction of sp³-hybridized carbons (Fsp3) is 0.229. The Morgan fingerprint density at radius 1 is 1.02 bits per heavy atom. The Morgan fingerprint density at radius 3 is 2.55 bits per heavy atom. The third kappa shape index (κ3) is 8.21. The Balaban J connectivity index is 1.28. The highest BCUT2D eigenvalue weighted by atomic mass is 79.9. The Labute approximate surface area is 280 Å². The van der Waals surface area contributed by atoms with Crippen molar-refractivity contribution in [2.45, 2.75) is 32.7 Å². The number of halogens is 1. The summed E-state index contributed by atoms with van der Waals surface area (Å²) >= 11 is 3.45.